The summed E-state index contributed by atoms with van der Waals surface area (Å²) in [5.74, 6) is 6.09. The van der Waals surface area contributed by atoms with E-state index in [1.807, 2.05) is 35.1 Å². The molecule has 3 N–H and O–H groups in total. The molecular weight excluding hydrogens is 474 g/mol. The minimum absolute atomic E-state index is 0.228. The number of hydrogen-bond donors (Lipinski definition) is 2. The van der Waals surface area contributed by atoms with Crippen LogP contribution < -0.4 is 10.5 Å². The Labute approximate surface area is 230 Å². The van der Waals surface area contributed by atoms with Gasteiger partial charge in [-0.25, -0.2) is 4.98 Å². The molecule has 38 heavy (non-hydrogen) atoms. The lowest BCUT2D eigenvalue weighted by Gasteiger charge is -2.31. The minimum Gasteiger partial charge on any atom is -0.485 e. The number of nitrogen functional groups attached to an aromatic ring is 1. The predicted molar refractivity (Wildman–Crippen MR) is 150 cm³/mol. The van der Waals surface area contributed by atoms with Crippen molar-refractivity contribution in [2.45, 2.75) is 70.0 Å². The van der Waals surface area contributed by atoms with E-state index >= 15 is 0 Å². The fraction of sp³-hybridized carbons (Fsp3) is 0.484. The average Bonchev–Trinajstić information content (AvgIpc) is 3.46. The monoisotopic (exact) mass is 516 g/mol. The van der Waals surface area contributed by atoms with Gasteiger partial charge in [-0.3, -0.25) is 4.68 Å². The first kappa shape index (κ1) is 22.6. The minimum atomic E-state index is -2.58. The van der Waals surface area contributed by atoms with E-state index in [1.54, 1.807) is 12.3 Å². The number of anilines is 1. The molecule has 7 heteroatoms. The van der Waals surface area contributed by atoms with Gasteiger partial charge in [0.25, 0.3) is 0 Å². The van der Waals surface area contributed by atoms with Gasteiger partial charge in [-0.05, 0) is 82.4 Å². The van der Waals surface area contributed by atoms with Crippen LogP contribution in [0.3, 0.4) is 0 Å². The number of ether oxygens (including phenoxy) is 1. The van der Waals surface area contributed by atoms with Crippen LogP contribution in [0.2, 0.25) is 0 Å². The van der Waals surface area contributed by atoms with Crippen LogP contribution in [0.5, 0.6) is 5.75 Å². The SMILES string of the molecule is [2H]C([2H])([2H])C(O)(C#Cc1cccc(COc2cc(-c3cnn(C4CCN(C)CC4)c3)cnc2N)c1)C1CCCCC1. The van der Waals surface area contributed by atoms with Crippen molar-refractivity contribution in [3.05, 3.63) is 60.0 Å². The maximum absolute atomic E-state index is 11.2. The standard InChI is InChI=1S/C31H39N5O2/c1-31(37,27-9-4-3-5-10-27)14-11-23-7-6-8-24(17-23)22-38-29-18-25(19-33-30(29)32)26-20-34-36(21-26)28-12-15-35(2)16-13-28/h6-8,17-21,27-28,37H,3-5,9-10,12-13,15-16,22H2,1-2H3,(H2,32,33)/i1D3. The third kappa shape index (κ3) is 6.38. The molecule has 0 amide bonds. The zero-order valence-electron chi connectivity index (χ0n) is 25.1. The summed E-state index contributed by atoms with van der Waals surface area (Å²) in [6, 6.07) is 9.66. The molecule has 1 aromatic carbocycles. The summed E-state index contributed by atoms with van der Waals surface area (Å²) >= 11 is 0. The molecular formula is C31H39N5O2. The van der Waals surface area contributed by atoms with Crippen LogP contribution in [0, 0.1) is 17.8 Å². The van der Waals surface area contributed by atoms with Gasteiger partial charge in [-0.2, -0.15) is 5.10 Å². The van der Waals surface area contributed by atoms with Crippen LogP contribution in [-0.2, 0) is 6.61 Å². The maximum atomic E-state index is 11.2. The fourth-order valence-corrected chi connectivity index (χ4v) is 5.36. The van der Waals surface area contributed by atoms with Gasteiger partial charge in [0.1, 0.15) is 12.2 Å². The predicted octanol–water partition coefficient (Wildman–Crippen LogP) is 5.06. The van der Waals surface area contributed by atoms with E-state index in [0.717, 1.165) is 61.9 Å². The Kier molecular flexibility index (Phi) is 6.90. The van der Waals surface area contributed by atoms with E-state index in [2.05, 4.69) is 40.1 Å². The quantitative estimate of drug-likeness (QED) is 0.446. The van der Waals surface area contributed by atoms with Crippen LogP contribution in [0.1, 0.15) is 73.1 Å². The highest BCUT2D eigenvalue weighted by atomic mass is 16.5. The summed E-state index contributed by atoms with van der Waals surface area (Å²) in [5.41, 5.74) is 7.40. The van der Waals surface area contributed by atoms with Gasteiger partial charge in [-0.15, -0.1) is 0 Å². The Balaban J connectivity index is 1.28. The van der Waals surface area contributed by atoms with Gasteiger partial charge in [0.05, 0.1) is 12.2 Å². The Morgan fingerprint density at radius 3 is 2.74 bits per heavy atom. The topological polar surface area (TPSA) is 89.4 Å². The van der Waals surface area contributed by atoms with Gasteiger partial charge in [0.15, 0.2) is 11.6 Å². The Hall–Kier alpha value is -3.34. The molecule has 1 aliphatic carbocycles. The van der Waals surface area contributed by atoms with Crippen molar-refractivity contribution in [3.8, 4) is 28.7 Å². The Morgan fingerprint density at radius 1 is 1.13 bits per heavy atom. The largest absolute Gasteiger partial charge is 0.485 e. The van der Waals surface area contributed by atoms with E-state index in [4.69, 9.17) is 14.6 Å². The van der Waals surface area contributed by atoms with Crippen molar-refractivity contribution in [2.24, 2.45) is 5.92 Å². The summed E-state index contributed by atoms with van der Waals surface area (Å²) in [4.78, 5) is 6.68. The van der Waals surface area contributed by atoms with Crippen molar-refractivity contribution < 1.29 is 14.0 Å². The molecule has 3 heterocycles. The highest BCUT2D eigenvalue weighted by Crippen LogP contribution is 2.32. The summed E-state index contributed by atoms with van der Waals surface area (Å²) < 4.78 is 32.1. The molecule has 2 aromatic heterocycles. The summed E-state index contributed by atoms with van der Waals surface area (Å²) in [7, 11) is 2.15. The van der Waals surface area contributed by atoms with Crippen LogP contribution in [-0.4, -0.2) is 50.5 Å². The number of likely N-dealkylation sites (tertiary alicyclic amines) is 1. The second-order valence-electron chi connectivity index (χ2n) is 10.7. The first-order valence-corrected chi connectivity index (χ1v) is 13.6. The molecule has 2 aliphatic rings. The van der Waals surface area contributed by atoms with Gasteiger partial charge < -0.3 is 20.5 Å². The number of pyridine rings is 1. The molecule has 2 fully saturated rings. The van der Waals surface area contributed by atoms with Crippen LogP contribution >= 0.6 is 0 Å². The first-order valence-electron chi connectivity index (χ1n) is 15.1. The Bertz CT molecular complexity index is 1400. The van der Waals surface area contributed by atoms with E-state index in [9.17, 15) is 5.11 Å². The first-order chi connectivity index (χ1) is 19.6. The molecule has 7 nitrogen and oxygen atoms in total. The number of hydrogen-bond acceptors (Lipinski definition) is 6. The zero-order valence-corrected chi connectivity index (χ0v) is 22.1. The van der Waals surface area contributed by atoms with E-state index in [0.29, 0.717) is 36.0 Å². The van der Waals surface area contributed by atoms with Crippen molar-refractivity contribution in [1.82, 2.24) is 19.7 Å². The number of nitrogens with two attached hydrogens (primary N) is 1. The third-order valence-electron chi connectivity index (χ3n) is 7.79. The number of aromatic nitrogens is 3. The molecule has 1 aliphatic heterocycles. The number of nitrogens with zero attached hydrogens (tertiary/aromatic N) is 4. The van der Waals surface area contributed by atoms with E-state index in [-0.39, 0.29) is 12.5 Å². The highest BCUT2D eigenvalue weighted by molar-refractivity contribution is 5.65. The number of rotatable bonds is 6. The zero-order chi connectivity index (χ0) is 29.0. The second-order valence-corrected chi connectivity index (χ2v) is 10.7. The molecule has 0 radical (unpaired) electrons. The van der Waals surface area contributed by atoms with Crippen molar-refractivity contribution in [2.75, 3.05) is 25.9 Å². The normalized spacial score (nSPS) is 20.4. The van der Waals surface area contributed by atoms with Crippen molar-refractivity contribution in [1.29, 1.82) is 0 Å². The van der Waals surface area contributed by atoms with Crippen molar-refractivity contribution >= 4 is 5.82 Å². The highest BCUT2D eigenvalue weighted by Gasteiger charge is 2.31. The lowest BCUT2D eigenvalue weighted by molar-refractivity contribution is 0.0368. The van der Waals surface area contributed by atoms with Crippen LogP contribution in [0.15, 0.2) is 48.9 Å². The molecule has 0 spiro atoms. The fourth-order valence-electron chi connectivity index (χ4n) is 5.36. The van der Waals surface area contributed by atoms with Gasteiger partial charge in [0, 0.05) is 33.2 Å². The molecule has 1 saturated carbocycles. The summed E-state index contributed by atoms with van der Waals surface area (Å²) in [6.07, 6.45) is 12.0. The van der Waals surface area contributed by atoms with Crippen molar-refractivity contribution in [3.63, 3.8) is 0 Å². The van der Waals surface area contributed by atoms with E-state index < -0.39 is 12.5 Å². The molecule has 1 saturated heterocycles. The second kappa shape index (κ2) is 11.6. The number of aliphatic hydroxyl groups is 1. The lowest BCUT2D eigenvalue weighted by Crippen LogP contribution is -2.34. The smallest absolute Gasteiger partial charge is 0.166 e. The summed E-state index contributed by atoms with van der Waals surface area (Å²) in [5, 5.41) is 15.8. The molecule has 5 rings (SSSR count). The molecule has 3 aromatic rings. The average molecular weight is 517 g/mol. The summed E-state index contributed by atoms with van der Waals surface area (Å²) in [6.45, 7) is -0.225. The maximum Gasteiger partial charge on any atom is 0.166 e. The number of piperidine rings is 1. The number of benzene rings is 1. The van der Waals surface area contributed by atoms with Crippen LogP contribution in [0.4, 0.5) is 5.82 Å². The molecule has 0 bridgehead atoms. The third-order valence-corrected chi connectivity index (χ3v) is 7.79. The van der Waals surface area contributed by atoms with E-state index in [1.165, 1.54) is 0 Å². The Morgan fingerprint density at radius 2 is 1.95 bits per heavy atom. The molecule has 1 unspecified atom stereocenters. The van der Waals surface area contributed by atoms with Gasteiger partial charge >= 0.3 is 0 Å². The van der Waals surface area contributed by atoms with Crippen LogP contribution in [0.25, 0.3) is 11.1 Å². The van der Waals surface area contributed by atoms with Gasteiger partial charge in [0.2, 0.25) is 0 Å². The lowest BCUT2D eigenvalue weighted by atomic mass is 9.78. The van der Waals surface area contributed by atoms with Gasteiger partial charge in [-0.1, -0.05) is 43.2 Å². The molecule has 200 valence electrons. The molecule has 1 atom stereocenters.